The van der Waals surface area contributed by atoms with Crippen LogP contribution in [0.15, 0.2) is 60.7 Å². The Morgan fingerprint density at radius 3 is 2.18 bits per heavy atom. The Labute approximate surface area is 169 Å². The molecule has 0 saturated heterocycles. The van der Waals surface area contributed by atoms with Gasteiger partial charge in [-0.3, -0.25) is 4.79 Å². The number of hydrogen-bond donors (Lipinski definition) is 0. The fraction of sp³-hybridized carbons (Fsp3) is 0.150. The van der Waals surface area contributed by atoms with E-state index in [9.17, 15) is 9.59 Å². The van der Waals surface area contributed by atoms with Crippen LogP contribution in [-0.2, 0) is 32.4 Å². The summed E-state index contributed by atoms with van der Waals surface area (Å²) in [6, 6.07) is 18.6. The van der Waals surface area contributed by atoms with Crippen LogP contribution < -0.4 is 0 Å². The van der Waals surface area contributed by atoms with Crippen LogP contribution in [0.3, 0.4) is 0 Å². The van der Waals surface area contributed by atoms with Crippen molar-refractivity contribution in [3.8, 4) is 5.69 Å². The van der Waals surface area contributed by atoms with Crippen LogP contribution in [0.4, 0.5) is 0 Å². The van der Waals surface area contributed by atoms with E-state index in [2.05, 4.69) is 5.10 Å². The quantitative estimate of drug-likeness (QED) is 0.391. The second kappa shape index (κ2) is 8.27. The van der Waals surface area contributed by atoms with Gasteiger partial charge in [-0.25, -0.2) is 4.68 Å². The zero-order valence-electron chi connectivity index (χ0n) is 15.1. The summed E-state index contributed by atoms with van der Waals surface area (Å²) >= 11 is 0. The molecule has 2 amide bonds. The number of para-hydroxylation sites is 1. The van der Waals surface area contributed by atoms with Gasteiger partial charge in [-0.15, -0.1) is 0 Å². The largest absolute Gasteiger partial charge is 0.662 e. The van der Waals surface area contributed by atoms with Gasteiger partial charge in [0.2, 0.25) is 0 Å². The van der Waals surface area contributed by atoms with Crippen LogP contribution in [0.5, 0.6) is 0 Å². The molecule has 0 atom stereocenters. The maximum atomic E-state index is 12.7. The van der Waals surface area contributed by atoms with E-state index >= 15 is 0 Å². The number of carbonyl (C=O) groups is 2. The normalized spacial score (nSPS) is 12.4. The average Bonchev–Trinajstić information content (AvgIpc) is 3.08. The summed E-state index contributed by atoms with van der Waals surface area (Å²) in [5.74, 6) is -0.906. The van der Waals surface area contributed by atoms with Gasteiger partial charge in [0, 0.05) is 43.6 Å². The zero-order chi connectivity index (χ0) is 18.1. The van der Waals surface area contributed by atoms with Crippen LogP contribution >= 0.6 is 0 Å². The fourth-order valence-electron chi connectivity index (χ4n) is 3.32. The summed E-state index contributed by atoms with van der Waals surface area (Å²) in [7, 11) is 0. The van der Waals surface area contributed by atoms with Crippen molar-refractivity contribution in [2.75, 3.05) is 6.54 Å². The van der Waals surface area contributed by atoms with Gasteiger partial charge < -0.3 is 15.4 Å². The Kier molecular flexibility index (Phi) is 6.06. The van der Waals surface area contributed by atoms with Gasteiger partial charge in [0.25, 0.3) is 5.91 Å². The first-order valence-electron chi connectivity index (χ1n) is 8.41. The van der Waals surface area contributed by atoms with E-state index < -0.39 is 5.91 Å². The van der Waals surface area contributed by atoms with E-state index in [0.717, 1.165) is 11.4 Å². The molecule has 2 aromatic carbocycles. The van der Waals surface area contributed by atoms with Crippen molar-refractivity contribution in [3.63, 3.8) is 0 Å². The third-order valence-corrected chi connectivity index (χ3v) is 4.58. The molecule has 1 aliphatic rings. The van der Waals surface area contributed by atoms with Crippen molar-refractivity contribution in [2.24, 2.45) is 0 Å². The molecule has 141 valence electrons. The van der Waals surface area contributed by atoms with Gasteiger partial charge in [-0.2, -0.15) is 5.10 Å². The molecule has 0 aliphatic carbocycles. The Morgan fingerprint density at radius 2 is 1.57 bits per heavy atom. The molecule has 0 spiro atoms. The third kappa shape index (κ3) is 3.53. The molecule has 4 rings (SSSR count). The summed E-state index contributed by atoms with van der Waals surface area (Å²) in [4.78, 5) is 26.2. The summed E-state index contributed by atoms with van der Waals surface area (Å²) in [6.45, 7) is 0.834. The molecule has 0 bridgehead atoms. The predicted molar refractivity (Wildman–Crippen MR) is 97.1 cm³/mol. The van der Waals surface area contributed by atoms with Gasteiger partial charge in [0.05, 0.1) is 17.9 Å². The van der Waals surface area contributed by atoms with Crippen molar-refractivity contribution >= 4 is 11.8 Å². The number of benzene rings is 2. The minimum Gasteiger partial charge on any atom is -0.662 e. The number of rotatable bonds is 3. The molecular weight excluding hydrogens is 698 g/mol. The molecule has 1 aliphatic heterocycles. The first-order valence-corrected chi connectivity index (χ1v) is 8.41. The van der Waals surface area contributed by atoms with Crippen LogP contribution in [0.1, 0.15) is 32.1 Å². The number of nitrogens with zero attached hydrogens (tertiary/aromatic N) is 3. The third-order valence-electron chi connectivity index (χ3n) is 4.58. The van der Waals surface area contributed by atoms with Crippen LogP contribution in [0, 0.1) is 0 Å². The van der Waals surface area contributed by atoms with E-state index in [4.69, 9.17) is 5.73 Å². The summed E-state index contributed by atoms with van der Waals surface area (Å²) < 4.78 is 1.72. The van der Waals surface area contributed by atoms with E-state index in [1.54, 1.807) is 21.7 Å². The summed E-state index contributed by atoms with van der Waals surface area (Å²) in [6.07, 6.45) is 0.586. The smallest absolute Gasteiger partial charge is 0.254 e. The minimum atomic E-state index is -0.829. The molecule has 1 N–H and O–H groups in total. The molecule has 1 radical (unpaired) electrons. The van der Waals surface area contributed by atoms with E-state index in [-0.39, 0.29) is 37.6 Å². The van der Waals surface area contributed by atoms with E-state index in [0.29, 0.717) is 24.1 Å². The average molecular weight is 715 g/mol. The SMILES string of the molecule is [NH-]C(=O)c1nn(-c2ccccc2)c2c1CN(C(=O)c1ccccc1)CC2.[Rf].[Rh]. The maximum Gasteiger partial charge on any atom is 0.254 e. The molecule has 2 heterocycles. The Bertz CT molecular complexity index is 977. The van der Waals surface area contributed by atoms with Crippen molar-refractivity contribution < 1.29 is 29.1 Å². The standard InChI is InChI=1S/C20H18N4O2.Rf.Rh/c21-19(25)18-16-13-23(20(26)14-7-3-1-4-8-14)12-11-17(16)24(22-18)15-9-5-2-6-10-15;;/h1-10H,11-13H2,(H2,21,25);;/p-1. The maximum absolute atomic E-state index is 12.7. The number of amides is 2. The van der Waals surface area contributed by atoms with Crippen molar-refractivity contribution in [1.29, 1.82) is 0 Å². The molecule has 0 fully saturated rings. The van der Waals surface area contributed by atoms with Gasteiger partial charge >= 0.3 is 0 Å². The monoisotopic (exact) mass is 715 g/mol. The molecular formula is C20H17N4O2RfRh-. The molecule has 28 heavy (non-hydrogen) atoms. The number of aromatic nitrogens is 2. The predicted octanol–water partition coefficient (Wildman–Crippen LogP) is 3.26. The minimum absolute atomic E-state index is 0. The van der Waals surface area contributed by atoms with Gasteiger partial charge in [-0.05, 0) is 24.3 Å². The Hall–Kier alpha value is -3.79. The molecule has 0 unspecified atom stereocenters. The Morgan fingerprint density at radius 1 is 0.964 bits per heavy atom. The first kappa shape index (κ1) is 20.5. The van der Waals surface area contributed by atoms with Gasteiger partial charge in [0.1, 0.15) is 11.6 Å². The second-order valence-electron chi connectivity index (χ2n) is 6.19. The molecule has 1 aromatic heterocycles. The van der Waals surface area contributed by atoms with E-state index in [1.807, 2.05) is 48.5 Å². The topological polar surface area (TPSA) is 79.0 Å². The summed E-state index contributed by atoms with van der Waals surface area (Å²) in [5, 5.41) is 4.37. The molecule has 3 aromatic rings. The number of fused-ring (bicyclic) bond motifs is 1. The molecule has 6 nitrogen and oxygen atoms in total. The Balaban J connectivity index is 0.00000140. The number of carbonyl (C=O) groups excluding carboxylic acids is 2. The van der Waals surface area contributed by atoms with Crippen molar-refractivity contribution in [2.45, 2.75) is 13.0 Å². The van der Waals surface area contributed by atoms with Crippen molar-refractivity contribution in [3.05, 3.63) is 88.9 Å². The first-order chi connectivity index (χ1) is 12.6. The van der Waals surface area contributed by atoms with Gasteiger partial charge in [-0.1, -0.05) is 36.4 Å². The molecule has 0 saturated carbocycles. The van der Waals surface area contributed by atoms with Gasteiger partial charge in [0.15, 0.2) is 0 Å². The van der Waals surface area contributed by atoms with Crippen LogP contribution in [0.25, 0.3) is 11.4 Å². The molecule has 8 heteroatoms. The number of hydrogen-bond acceptors (Lipinski definition) is 3. The van der Waals surface area contributed by atoms with E-state index in [1.165, 1.54) is 0 Å². The van der Waals surface area contributed by atoms with Crippen LogP contribution in [-0.4, -0.2) is 33.0 Å². The summed E-state index contributed by atoms with van der Waals surface area (Å²) in [5.41, 5.74) is 10.7. The fourth-order valence-corrected chi connectivity index (χ4v) is 3.32. The van der Waals surface area contributed by atoms with Crippen LogP contribution in [0.2, 0.25) is 0 Å². The van der Waals surface area contributed by atoms with Crippen molar-refractivity contribution in [1.82, 2.24) is 14.7 Å². The number of nitrogens with one attached hydrogen (secondary N) is 1. The second-order valence-corrected chi connectivity index (χ2v) is 6.19. The zero-order valence-corrected chi connectivity index (χ0v) is 23.1.